The zero-order chi connectivity index (χ0) is 17.1. The molecular weight excluding hydrogens is 322 g/mol. The minimum Gasteiger partial charge on any atom is -0.451 e. The van der Waals surface area contributed by atoms with Crippen molar-refractivity contribution in [1.82, 2.24) is 5.32 Å². The first kappa shape index (κ1) is 16.7. The first-order chi connectivity index (χ1) is 11.5. The molecule has 2 aromatic rings. The number of hydrogen-bond acceptors (Lipinski definition) is 4. The highest BCUT2D eigenvalue weighted by Gasteiger charge is 2.29. The molecule has 1 amide bonds. The summed E-state index contributed by atoms with van der Waals surface area (Å²) in [7, 11) is 0. The molecule has 0 unspecified atom stereocenters. The molecule has 1 aromatic carbocycles. The standard InChI is InChI=1S/C19H21NO3S/c1-12-3-5-15(6-4-12)16-9-10-24-18(16)19(22)23-11-17(21)20-13(2)14-7-8-14/h3-6,9-10,13-14H,7-8,11H2,1-2H3,(H,20,21)/t13-/m0/s1. The maximum absolute atomic E-state index is 12.3. The fourth-order valence-electron chi connectivity index (χ4n) is 2.63. The number of benzene rings is 1. The summed E-state index contributed by atoms with van der Waals surface area (Å²) in [5.74, 6) is -0.110. The zero-order valence-corrected chi connectivity index (χ0v) is 14.7. The Kier molecular flexibility index (Phi) is 5.00. The summed E-state index contributed by atoms with van der Waals surface area (Å²) >= 11 is 1.33. The van der Waals surface area contributed by atoms with Crippen LogP contribution < -0.4 is 5.32 Å². The number of nitrogens with one attached hydrogen (secondary N) is 1. The molecule has 1 N–H and O–H groups in total. The molecule has 1 aliphatic rings. The SMILES string of the molecule is Cc1ccc(-c2ccsc2C(=O)OCC(=O)N[C@@H](C)C2CC2)cc1. The molecule has 126 valence electrons. The van der Waals surface area contributed by atoms with Crippen molar-refractivity contribution in [3.63, 3.8) is 0 Å². The van der Waals surface area contributed by atoms with Gasteiger partial charge in [-0.1, -0.05) is 29.8 Å². The minimum absolute atomic E-state index is 0.154. The Morgan fingerprint density at radius 1 is 1.25 bits per heavy atom. The lowest BCUT2D eigenvalue weighted by Gasteiger charge is -2.12. The third-order valence-electron chi connectivity index (χ3n) is 4.27. The quantitative estimate of drug-likeness (QED) is 0.812. The Hall–Kier alpha value is -2.14. The first-order valence-corrected chi connectivity index (χ1v) is 9.03. The van der Waals surface area contributed by atoms with Crippen LogP contribution in [0.2, 0.25) is 0 Å². The van der Waals surface area contributed by atoms with Crippen molar-refractivity contribution in [2.75, 3.05) is 6.61 Å². The number of esters is 1. The van der Waals surface area contributed by atoms with Crippen molar-refractivity contribution in [1.29, 1.82) is 0 Å². The van der Waals surface area contributed by atoms with Gasteiger partial charge in [0.1, 0.15) is 4.88 Å². The van der Waals surface area contributed by atoms with Gasteiger partial charge in [0.2, 0.25) is 0 Å². The van der Waals surface area contributed by atoms with Gasteiger partial charge in [-0.15, -0.1) is 11.3 Å². The van der Waals surface area contributed by atoms with Crippen LogP contribution in [0.1, 0.15) is 35.0 Å². The van der Waals surface area contributed by atoms with Gasteiger partial charge in [-0.3, -0.25) is 4.79 Å². The number of thiophene rings is 1. The number of amides is 1. The van der Waals surface area contributed by atoms with E-state index in [2.05, 4.69) is 5.32 Å². The summed E-state index contributed by atoms with van der Waals surface area (Å²) < 4.78 is 5.19. The third-order valence-corrected chi connectivity index (χ3v) is 5.16. The fraction of sp³-hybridized carbons (Fsp3) is 0.368. The van der Waals surface area contributed by atoms with Gasteiger partial charge in [-0.2, -0.15) is 0 Å². The van der Waals surface area contributed by atoms with Gasteiger partial charge in [0.05, 0.1) is 0 Å². The van der Waals surface area contributed by atoms with Crippen LogP contribution in [-0.2, 0) is 9.53 Å². The van der Waals surface area contributed by atoms with Crippen LogP contribution in [-0.4, -0.2) is 24.5 Å². The van der Waals surface area contributed by atoms with Crippen molar-refractivity contribution in [2.45, 2.75) is 32.7 Å². The van der Waals surface area contributed by atoms with Gasteiger partial charge in [0.15, 0.2) is 6.61 Å². The van der Waals surface area contributed by atoms with E-state index < -0.39 is 5.97 Å². The smallest absolute Gasteiger partial charge is 0.349 e. The van der Waals surface area contributed by atoms with Crippen LogP contribution in [0.25, 0.3) is 11.1 Å². The monoisotopic (exact) mass is 343 g/mol. The summed E-state index contributed by atoms with van der Waals surface area (Å²) in [6.45, 7) is 3.78. The van der Waals surface area contributed by atoms with Gasteiger partial charge in [-0.25, -0.2) is 4.79 Å². The first-order valence-electron chi connectivity index (χ1n) is 8.15. The van der Waals surface area contributed by atoms with E-state index in [0.29, 0.717) is 10.8 Å². The van der Waals surface area contributed by atoms with Crippen molar-refractivity contribution in [3.8, 4) is 11.1 Å². The van der Waals surface area contributed by atoms with Crippen LogP contribution in [0.3, 0.4) is 0 Å². The molecule has 5 heteroatoms. The van der Waals surface area contributed by atoms with Crippen molar-refractivity contribution >= 4 is 23.2 Å². The maximum atomic E-state index is 12.3. The Bertz CT molecular complexity index is 731. The number of carbonyl (C=O) groups excluding carboxylic acids is 2. The van der Waals surface area contributed by atoms with Crippen LogP contribution in [0, 0.1) is 12.8 Å². The average Bonchev–Trinajstić information content (AvgIpc) is 3.31. The summed E-state index contributed by atoms with van der Waals surface area (Å²) in [4.78, 5) is 24.7. The van der Waals surface area contributed by atoms with Gasteiger partial charge in [-0.05, 0) is 49.6 Å². The second-order valence-corrected chi connectivity index (χ2v) is 7.22. The van der Waals surface area contributed by atoms with Gasteiger partial charge in [0.25, 0.3) is 5.91 Å². The molecule has 1 aliphatic carbocycles. The molecule has 1 aromatic heterocycles. The maximum Gasteiger partial charge on any atom is 0.349 e. The minimum atomic E-state index is -0.449. The Balaban J connectivity index is 1.60. The lowest BCUT2D eigenvalue weighted by molar-refractivity contribution is -0.124. The zero-order valence-electron chi connectivity index (χ0n) is 13.9. The predicted molar refractivity (Wildman–Crippen MR) is 95.1 cm³/mol. The normalized spacial score (nSPS) is 14.9. The van der Waals surface area contributed by atoms with E-state index in [1.54, 1.807) is 0 Å². The van der Waals surface area contributed by atoms with Gasteiger partial charge < -0.3 is 10.1 Å². The van der Waals surface area contributed by atoms with E-state index in [9.17, 15) is 9.59 Å². The highest BCUT2D eigenvalue weighted by atomic mass is 32.1. The van der Waals surface area contributed by atoms with Crippen LogP contribution in [0.4, 0.5) is 0 Å². The predicted octanol–water partition coefficient (Wildman–Crippen LogP) is 3.80. The second kappa shape index (κ2) is 7.18. The fourth-order valence-corrected chi connectivity index (χ4v) is 3.44. The highest BCUT2D eigenvalue weighted by Crippen LogP contribution is 2.32. The molecular formula is C19H21NO3S. The molecule has 1 saturated carbocycles. The molecule has 0 saturated heterocycles. The molecule has 0 aliphatic heterocycles. The van der Waals surface area contributed by atoms with Crippen LogP contribution in [0.15, 0.2) is 35.7 Å². The van der Waals surface area contributed by atoms with Crippen molar-refractivity contribution in [3.05, 3.63) is 46.2 Å². The van der Waals surface area contributed by atoms with E-state index in [-0.39, 0.29) is 18.6 Å². The molecule has 0 radical (unpaired) electrons. The number of aryl methyl sites for hydroxylation is 1. The van der Waals surface area contributed by atoms with E-state index >= 15 is 0 Å². The number of hydrogen-bond donors (Lipinski definition) is 1. The number of rotatable bonds is 6. The largest absolute Gasteiger partial charge is 0.451 e. The Labute approximate surface area is 145 Å². The summed E-state index contributed by atoms with van der Waals surface area (Å²) in [6, 6.07) is 10.0. The van der Waals surface area contributed by atoms with Gasteiger partial charge >= 0.3 is 5.97 Å². The van der Waals surface area contributed by atoms with E-state index in [1.807, 2.05) is 49.6 Å². The molecule has 24 heavy (non-hydrogen) atoms. The van der Waals surface area contributed by atoms with E-state index in [4.69, 9.17) is 4.74 Å². The molecule has 0 bridgehead atoms. The lowest BCUT2D eigenvalue weighted by atomic mass is 10.1. The van der Waals surface area contributed by atoms with E-state index in [1.165, 1.54) is 16.9 Å². The summed E-state index contributed by atoms with van der Waals surface area (Å²) in [6.07, 6.45) is 2.33. The molecule has 3 rings (SSSR count). The van der Waals surface area contributed by atoms with Crippen LogP contribution >= 0.6 is 11.3 Å². The molecule has 1 atom stereocenters. The number of ether oxygens (including phenoxy) is 1. The molecule has 1 fully saturated rings. The molecule has 4 nitrogen and oxygen atoms in total. The number of carbonyl (C=O) groups is 2. The molecule has 1 heterocycles. The highest BCUT2D eigenvalue weighted by molar-refractivity contribution is 7.12. The third kappa shape index (κ3) is 4.03. The lowest BCUT2D eigenvalue weighted by Crippen LogP contribution is -2.37. The topological polar surface area (TPSA) is 55.4 Å². The van der Waals surface area contributed by atoms with Gasteiger partial charge in [0, 0.05) is 11.6 Å². The van der Waals surface area contributed by atoms with Crippen molar-refractivity contribution < 1.29 is 14.3 Å². The molecule has 0 spiro atoms. The van der Waals surface area contributed by atoms with Crippen molar-refractivity contribution in [2.24, 2.45) is 5.92 Å². The van der Waals surface area contributed by atoms with Crippen LogP contribution in [0.5, 0.6) is 0 Å². The average molecular weight is 343 g/mol. The second-order valence-electron chi connectivity index (χ2n) is 6.30. The summed E-state index contributed by atoms with van der Waals surface area (Å²) in [5, 5.41) is 4.74. The Morgan fingerprint density at radius 2 is 1.96 bits per heavy atom. The van der Waals surface area contributed by atoms with E-state index in [0.717, 1.165) is 24.0 Å². The summed E-state index contributed by atoms with van der Waals surface area (Å²) in [5.41, 5.74) is 2.98. The Morgan fingerprint density at radius 3 is 2.62 bits per heavy atom.